The van der Waals surface area contributed by atoms with Gasteiger partial charge in [0.25, 0.3) is 5.91 Å². The van der Waals surface area contributed by atoms with E-state index in [1.807, 2.05) is 0 Å². The van der Waals surface area contributed by atoms with E-state index in [4.69, 9.17) is 20.5 Å². The number of nitrogens with two attached hydrogens (primary N) is 1. The Morgan fingerprint density at radius 1 is 1.40 bits per heavy atom. The van der Waals surface area contributed by atoms with E-state index in [0.29, 0.717) is 22.2 Å². The van der Waals surface area contributed by atoms with Crippen molar-refractivity contribution in [1.82, 2.24) is 0 Å². The minimum Gasteiger partial charge on any atom is -0.497 e. The van der Waals surface area contributed by atoms with Crippen molar-refractivity contribution in [2.24, 2.45) is 5.73 Å². The third kappa shape index (κ3) is 3.59. The molecule has 0 aliphatic heterocycles. The maximum Gasteiger partial charge on any atom is 0.262 e. The fourth-order valence-corrected chi connectivity index (χ4v) is 2.02. The molecule has 0 aliphatic carbocycles. The highest BCUT2D eigenvalue weighted by atomic mass is 32.2. The molecule has 0 heterocycles. The molecule has 0 saturated carbocycles. The number of ether oxygens (including phenoxy) is 2. The van der Waals surface area contributed by atoms with Gasteiger partial charge in [-0.1, -0.05) is 0 Å². The van der Waals surface area contributed by atoms with E-state index in [1.165, 1.54) is 18.9 Å². The lowest BCUT2D eigenvalue weighted by Crippen LogP contribution is -2.16. The number of hydrogen-bond acceptors (Lipinski definition) is 6. The van der Waals surface area contributed by atoms with Gasteiger partial charge in [-0.15, -0.1) is 11.8 Å². The van der Waals surface area contributed by atoms with Crippen molar-refractivity contribution in [2.45, 2.75) is 0 Å². The minimum absolute atomic E-state index is 0.129. The molecule has 0 spiro atoms. The van der Waals surface area contributed by atoms with Crippen LogP contribution in [-0.4, -0.2) is 26.4 Å². The highest BCUT2D eigenvalue weighted by molar-refractivity contribution is 8.02. The van der Waals surface area contributed by atoms with Crippen LogP contribution in [0.15, 0.2) is 28.8 Å². The number of hydrogen-bond donors (Lipinski definition) is 2. The summed E-state index contributed by atoms with van der Waals surface area (Å²) in [5.41, 5.74) is 5.64. The summed E-state index contributed by atoms with van der Waals surface area (Å²) in [6, 6.07) is 6.94. The van der Waals surface area contributed by atoms with Crippen molar-refractivity contribution in [3.05, 3.63) is 28.8 Å². The number of carbonyl (C=O) groups is 1. The first kappa shape index (κ1) is 15.7. The van der Waals surface area contributed by atoms with E-state index in [2.05, 4.69) is 5.32 Å². The number of nitrogens with zero attached hydrogens (tertiary/aromatic N) is 1. The molecule has 0 radical (unpaired) electrons. The molecule has 0 saturated heterocycles. The van der Waals surface area contributed by atoms with Gasteiger partial charge >= 0.3 is 0 Å². The van der Waals surface area contributed by atoms with Gasteiger partial charge in [-0.05, 0) is 18.4 Å². The average Bonchev–Trinajstić information content (AvgIpc) is 2.46. The zero-order chi connectivity index (χ0) is 15.1. The van der Waals surface area contributed by atoms with Crippen LogP contribution in [0.25, 0.3) is 0 Å². The van der Waals surface area contributed by atoms with Crippen molar-refractivity contribution in [3.8, 4) is 17.6 Å². The van der Waals surface area contributed by atoms with Crippen molar-refractivity contribution in [1.29, 1.82) is 5.26 Å². The van der Waals surface area contributed by atoms with Crippen LogP contribution in [0.4, 0.5) is 5.69 Å². The molecule has 3 N–H and O–H groups in total. The van der Waals surface area contributed by atoms with E-state index in [0.717, 1.165) is 0 Å². The molecule has 0 unspecified atom stereocenters. The summed E-state index contributed by atoms with van der Waals surface area (Å²) in [6.07, 6.45) is 1.73. The molecule has 20 heavy (non-hydrogen) atoms. The SMILES string of the molecule is COc1ccc(N/C(SC)=C(/C#N)C(N)=O)c(OC)c1. The number of methoxy groups -OCH3 is 2. The fraction of sp³-hybridized carbons (Fsp3) is 0.231. The maximum absolute atomic E-state index is 11.2. The van der Waals surface area contributed by atoms with Crippen LogP contribution in [0.1, 0.15) is 0 Å². The third-order valence-electron chi connectivity index (χ3n) is 2.45. The van der Waals surface area contributed by atoms with E-state index in [1.54, 1.807) is 37.6 Å². The Morgan fingerprint density at radius 3 is 2.55 bits per heavy atom. The lowest BCUT2D eigenvalue weighted by atomic mass is 10.2. The topological polar surface area (TPSA) is 97.4 Å². The smallest absolute Gasteiger partial charge is 0.262 e. The van der Waals surface area contributed by atoms with Gasteiger partial charge in [0.2, 0.25) is 0 Å². The second kappa shape index (κ2) is 7.31. The molecule has 0 fully saturated rings. The highest BCUT2D eigenvalue weighted by Gasteiger charge is 2.14. The van der Waals surface area contributed by atoms with E-state index >= 15 is 0 Å². The molecular formula is C13H15N3O3S. The van der Waals surface area contributed by atoms with Crippen molar-refractivity contribution >= 4 is 23.4 Å². The first-order valence-corrected chi connectivity index (χ1v) is 6.77. The summed E-state index contributed by atoms with van der Waals surface area (Å²) in [5, 5.41) is 12.3. The number of primary amides is 1. The van der Waals surface area contributed by atoms with Crippen LogP contribution in [-0.2, 0) is 4.79 Å². The van der Waals surface area contributed by atoms with Crippen LogP contribution < -0.4 is 20.5 Å². The van der Waals surface area contributed by atoms with Crippen molar-refractivity contribution in [2.75, 3.05) is 25.8 Å². The fourth-order valence-electron chi connectivity index (χ4n) is 1.46. The Labute approximate surface area is 121 Å². The largest absolute Gasteiger partial charge is 0.497 e. The zero-order valence-corrected chi connectivity index (χ0v) is 12.2. The average molecular weight is 293 g/mol. The Hall–Kier alpha value is -2.33. The van der Waals surface area contributed by atoms with Gasteiger partial charge in [-0.25, -0.2) is 0 Å². The third-order valence-corrected chi connectivity index (χ3v) is 3.16. The Balaban J connectivity index is 3.20. The molecule has 7 heteroatoms. The van der Waals surface area contributed by atoms with Crippen LogP contribution >= 0.6 is 11.8 Å². The number of rotatable bonds is 6. The van der Waals surface area contributed by atoms with E-state index < -0.39 is 5.91 Å². The van der Waals surface area contributed by atoms with Crippen LogP contribution in [0, 0.1) is 11.3 Å². The van der Waals surface area contributed by atoms with Gasteiger partial charge in [-0.2, -0.15) is 5.26 Å². The van der Waals surface area contributed by atoms with Gasteiger partial charge in [0.15, 0.2) is 0 Å². The zero-order valence-electron chi connectivity index (χ0n) is 11.4. The first-order valence-electron chi connectivity index (χ1n) is 5.54. The molecule has 1 amide bonds. The van der Waals surface area contributed by atoms with Crippen LogP contribution in [0.5, 0.6) is 11.5 Å². The van der Waals surface area contributed by atoms with Gasteiger partial charge in [0.1, 0.15) is 23.1 Å². The van der Waals surface area contributed by atoms with Gasteiger partial charge in [-0.3, -0.25) is 4.79 Å². The van der Waals surface area contributed by atoms with Gasteiger partial charge < -0.3 is 20.5 Å². The first-order chi connectivity index (χ1) is 9.57. The lowest BCUT2D eigenvalue weighted by Gasteiger charge is -2.14. The number of thioether (sulfide) groups is 1. The molecular weight excluding hydrogens is 278 g/mol. The molecule has 1 aromatic rings. The number of nitriles is 1. The summed E-state index contributed by atoms with van der Waals surface area (Å²) in [6.45, 7) is 0. The van der Waals surface area contributed by atoms with Crippen molar-refractivity contribution in [3.63, 3.8) is 0 Å². The Morgan fingerprint density at radius 2 is 2.10 bits per heavy atom. The molecule has 0 atom stereocenters. The monoisotopic (exact) mass is 293 g/mol. The number of amides is 1. The Bertz CT molecular complexity index is 579. The second-order valence-electron chi connectivity index (χ2n) is 3.58. The quantitative estimate of drug-likeness (QED) is 0.612. The number of carbonyl (C=O) groups excluding carboxylic acids is 1. The standard InChI is InChI=1S/C13H15N3O3S/c1-18-8-4-5-10(11(6-8)19-2)16-13(20-3)9(7-14)12(15)17/h4-6,16H,1-3H3,(H2,15,17)/b13-9+. The van der Waals surface area contributed by atoms with Gasteiger partial charge in [0, 0.05) is 6.07 Å². The highest BCUT2D eigenvalue weighted by Crippen LogP contribution is 2.32. The molecule has 0 bridgehead atoms. The number of nitrogens with one attached hydrogen (secondary N) is 1. The predicted molar refractivity (Wildman–Crippen MR) is 78.5 cm³/mol. The minimum atomic E-state index is -0.781. The Kier molecular flexibility index (Phi) is 5.74. The van der Waals surface area contributed by atoms with Gasteiger partial charge in [0.05, 0.1) is 24.9 Å². The summed E-state index contributed by atoms with van der Waals surface area (Å²) >= 11 is 1.21. The second-order valence-corrected chi connectivity index (χ2v) is 4.39. The molecule has 6 nitrogen and oxygen atoms in total. The number of benzene rings is 1. The maximum atomic E-state index is 11.2. The van der Waals surface area contributed by atoms with E-state index in [9.17, 15) is 4.79 Å². The summed E-state index contributed by atoms with van der Waals surface area (Å²) in [5.74, 6) is 0.381. The molecule has 106 valence electrons. The summed E-state index contributed by atoms with van der Waals surface area (Å²) < 4.78 is 10.3. The predicted octanol–water partition coefficient (Wildman–Crippen LogP) is 1.70. The van der Waals surface area contributed by atoms with Crippen LogP contribution in [0.2, 0.25) is 0 Å². The molecule has 0 aromatic heterocycles. The molecule has 0 aliphatic rings. The molecule has 1 aromatic carbocycles. The van der Waals surface area contributed by atoms with Crippen molar-refractivity contribution < 1.29 is 14.3 Å². The summed E-state index contributed by atoms with van der Waals surface area (Å²) in [4.78, 5) is 11.2. The normalized spacial score (nSPS) is 11.1. The lowest BCUT2D eigenvalue weighted by molar-refractivity contribution is -0.114. The molecule has 1 rings (SSSR count). The van der Waals surface area contributed by atoms with Crippen LogP contribution in [0.3, 0.4) is 0 Å². The number of anilines is 1. The summed E-state index contributed by atoms with van der Waals surface area (Å²) in [7, 11) is 3.07. The van der Waals surface area contributed by atoms with E-state index in [-0.39, 0.29) is 5.57 Å².